The molecule has 2 amide bonds. The number of imide groups is 1. The molecule has 112 valence electrons. The molecule has 3 aliphatic rings. The summed E-state index contributed by atoms with van der Waals surface area (Å²) >= 11 is 0. The third-order valence-corrected chi connectivity index (χ3v) is 4.99. The number of amides is 2. The van der Waals surface area contributed by atoms with Gasteiger partial charge in [-0.25, -0.2) is 0 Å². The molecule has 0 spiro atoms. The van der Waals surface area contributed by atoms with Gasteiger partial charge in [0, 0.05) is 0 Å². The molecule has 1 aromatic carbocycles. The number of rotatable bonds is 2. The van der Waals surface area contributed by atoms with E-state index in [2.05, 4.69) is 0 Å². The summed E-state index contributed by atoms with van der Waals surface area (Å²) in [5.74, 6) is -0.535. The standard InChI is InChI=1S/C16H17NO3.CH4/c1-9(10-5-3-2-4-6-10)17-15(18)13-11-7-8-12(20-11)14(13)16(17)19;/h2-6,9,11-14H,7-8H2,1H3;1H4/t9-,11?,12?,13+,14?;/m0./s1. The van der Waals surface area contributed by atoms with Gasteiger partial charge in [0.1, 0.15) is 0 Å². The third kappa shape index (κ3) is 1.85. The van der Waals surface area contributed by atoms with Crippen LogP contribution in [-0.2, 0) is 14.3 Å². The summed E-state index contributed by atoms with van der Waals surface area (Å²) in [6.07, 6.45) is 1.76. The van der Waals surface area contributed by atoms with E-state index in [1.165, 1.54) is 4.90 Å². The fourth-order valence-electron chi connectivity index (χ4n) is 4.00. The van der Waals surface area contributed by atoms with Gasteiger partial charge in [-0.05, 0) is 25.3 Å². The molecule has 5 atom stereocenters. The molecule has 0 N–H and O–H groups in total. The first-order chi connectivity index (χ1) is 9.68. The maximum absolute atomic E-state index is 12.6. The molecule has 0 radical (unpaired) electrons. The van der Waals surface area contributed by atoms with Gasteiger partial charge in [-0.15, -0.1) is 0 Å². The first-order valence-corrected chi connectivity index (χ1v) is 7.26. The summed E-state index contributed by atoms with van der Waals surface area (Å²) in [6.45, 7) is 1.93. The summed E-state index contributed by atoms with van der Waals surface area (Å²) in [4.78, 5) is 26.7. The Balaban J connectivity index is 0.00000132. The molecule has 3 heterocycles. The highest BCUT2D eigenvalue weighted by Crippen LogP contribution is 2.50. The summed E-state index contributed by atoms with van der Waals surface area (Å²) < 4.78 is 5.75. The summed E-state index contributed by atoms with van der Waals surface area (Å²) in [6, 6.07) is 9.54. The molecule has 3 aliphatic heterocycles. The molecule has 4 nitrogen and oxygen atoms in total. The maximum atomic E-state index is 12.6. The SMILES string of the molecule is C.C[C@@H](c1ccccc1)N1C(=O)C2C3CCC(O3)[C@H]2C1=O. The Kier molecular flexibility index (Phi) is 3.36. The van der Waals surface area contributed by atoms with E-state index in [0.29, 0.717) is 0 Å². The number of benzene rings is 1. The molecule has 3 fully saturated rings. The fraction of sp³-hybridized carbons (Fsp3) is 0.529. The zero-order valence-corrected chi connectivity index (χ0v) is 11.4. The number of hydrogen-bond acceptors (Lipinski definition) is 3. The van der Waals surface area contributed by atoms with E-state index < -0.39 is 0 Å². The highest BCUT2D eigenvalue weighted by atomic mass is 16.5. The van der Waals surface area contributed by atoms with Crippen molar-refractivity contribution in [2.75, 3.05) is 0 Å². The van der Waals surface area contributed by atoms with Gasteiger partial charge in [-0.1, -0.05) is 37.8 Å². The number of fused-ring (bicyclic) bond motifs is 5. The Bertz CT molecular complexity index is 543. The number of carbonyl (C=O) groups is 2. The van der Waals surface area contributed by atoms with Crippen LogP contribution in [0.25, 0.3) is 0 Å². The number of ether oxygens (including phenoxy) is 1. The second kappa shape index (κ2) is 4.95. The zero-order valence-electron chi connectivity index (χ0n) is 11.4. The summed E-state index contributed by atoms with van der Waals surface area (Å²) in [5.41, 5.74) is 1.00. The predicted octanol–water partition coefficient (Wildman–Crippen LogP) is 2.55. The molecule has 4 rings (SSSR count). The highest BCUT2D eigenvalue weighted by Gasteiger charge is 2.62. The zero-order chi connectivity index (χ0) is 13.9. The van der Waals surface area contributed by atoms with E-state index in [4.69, 9.17) is 4.74 Å². The minimum atomic E-state index is -0.229. The molecular weight excluding hydrogens is 266 g/mol. The van der Waals surface area contributed by atoms with Crippen molar-refractivity contribution in [3.63, 3.8) is 0 Å². The molecule has 2 bridgehead atoms. The first-order valence-electron chi connectivity index (χ1n) is 7.26. The second-order valence-electron chi connectivity index (χ2n) is 5.98. The van der Waals surface area contributed by atoms with E-state index in [0.717, 1.165) is 18.4 Å². The van der Waals surface area contributed by atoms with Crippen molar-refractivity contribution in [2.24, 2.45) is 11.8 Å². The predicted molar refractivity (Wildman–Crippen MR) is 78.3 cm³/mol. The van der Waals surface area contributed by atoms with Gasteiger partial charge < -0.3 is 4.74 Å². The number of nitrogens with zero attached hydrogens (tertiary/aromatic N) is 1. The third-order valence-electron chi connectivity index (χ3n) is 4.99. The van der Waals surface area contributed by atoms with Crippen LogP contribution in [0.5, 0.6) is 0 Å². The van der Waals surface area contributed by atoms with E-state index >= 15 is 0 Å². The summed E-state index contributed by atoms with van der Waals surface area (Å²) in [5, 5.41) is 0. The second-order valence-corrected chi connectivity index (χ2v) is 5.98. The average molecular weight is 287 g/mol. The molecule has 3 unspecified atom stereocenters. The van der Waals surface area contributed by atoms with Crippen molar-refractivity contribution in [2.45, 2.75) is 45.4 Å². The Labute approximate surface area is 125 Å². The first kappa shape index (κ1) is 14.3. The topological polar surface area (TPSA) is 46.6 Å². The molecule has 0 saturated carbocycles. The minimum Gasteiger partial charge on any atom is -0.373 e. The molecular formula is C17H21NO3. The number of carbonyl (C=O) groups excluding carboxylic acids is 2. The molecule has 0 aliphatic carbocycles. The maximum Gasteiger partial charge on any atom is 0.236 e. The Morgan fingerprint density at radius 3 is 2.10 bits per heavy atom. The monoisotopic (exact) mass is 287 g/mol. The van der Waals surface area contributed by atoms with Gasteiger partial charge in [0.05, 0.1) is 30.1 Å². The lowest BCUT2D eigenvalue weighted by Gasteiger charge is -2.25. The van der Waals surface area contributed by atoms with Crippen molar-refractivity contribution in [3.05, 3.63) is 35.9 Å². The van der Waals surface area contributed by atoms with E-state index in [9.17, 15) is 9.59 Å². The van der Waals surface area contributed by atoms with Gasteiger partial charge >= 0.3 is 0 Å². The van der Waals surface area contributed by atoms with Gasteiger partial charge in [-0.3, -0.25) is 14.5 Å². The van der Waals surface area contributed by atoms with Crippen molar-refractivity contribution < 1.29 is 14.3 Å². The quantitative estimate of drug-likeness (QED) is 0.785. The Hall–Kier alpha value is -1.68. The average Bonchev–Trinajstić information content (AvgIpc) is 3.14. The lowest BCUT2D eigenvalue weighted by atomic mass is 9.81. The van der Waals surface area contributed by atoms with Crippen LogP contribution < -0.4 is 0 Å². The number of likely N-dealkylation sites (tertiary alicyclic amines) is 1. The van der Waals surface area contributed by atoms with Gasteiger partial charge in [-0.2, -0.15) is 0 Å². The van der Waals surface area contributed by atoms with Gasteiger partial charge in [0.15, 0.2) is 0 Å². The molecule has 3 saturated heterocycles. The molecule has 1 aromatic rings. The largest absolute Gasteiger partial charge is 0.373 e. The van der Waals surface area contributed by atoms with Gasteiger partial charge in [0.2, 0.25) is 11.8 Å². The lowest BCUT2D eigenvalue weighted by molar-refractivity contribution is -0.145. The van der Waals surface area contributed by atoms with Crippen LogP contribution in [0.15, 0.2) is 30.3 Å². The Morgan fingerprint density at radius 1 is 1.05 bits per heavy atom. The van der Waals surface area contributed by atoms with Crippen LogP contribution in [0.1, 0.15) is 38.8 Å². The summed E-state index contributed by atoms with van der Waals surface area (Å²) in [7, 11) is 0. The van der Waals surface area contributed by atoms with Crippen molar-refractivity contribution in [3.8, 4) is 0 Å². The van der Waals surface area contributed by atoms with Crippen molar-refractivity contribution in [1.29, 1.82) is 0 Å². The van der Waals surface area contributed by atoms with Crippen molar-refractivity contribution >= 4 is 11.8 Å². The lowest BCUT2D eigenvalue weighted by Crippen LogP contribution is -2.36. The fourth-order valence-corrected chi connectivity index (χ4v) is 4.00. The van der Waals surface area contributed by atoms with E-state index in [1.807, 2.05) is 37.3 Å². The van der Waals surface area contributed by atoms with E-state index in [-0.39, 0.29) is 49.3 Å². The number of hydrogen-bond donors (Lipinski definition) is 0. The van der Waals surface area contributed by atoms with Crippen LogP contribution in [-0.4, -0.2) is 28.9 Å². The van der Waals surface area contributed by atoms with Crippen LogP contribution in [0.2, 0.25) is 0 Å². The molecule has 0 aromatic heterocycles. The van der Waals surface area contributed by atoms with Crippen LogP contribution in [0, 0.1) is 11.8 Å². The van der Waals surface area contributed by atoms with Crippen molar-refractivity contribution in [1.82, 2.24) is 4.90 Å². The molecule has 21 heavy (non-hydrogen) atoms. The van der Waals surface area contributed by atoms with Crippen LogP contribution >= 0.6 is 0 Å². The van der Waals surface area contributed by atoms with Crippen LogP contribution in [0.3, 0.4) is 0 Å². The minimum absolute atomic E-state index is 0. The van der Waals surface area contributed by atoms with Gasteiger partial charge in [0.25, 0.3) is 0 Å². The molecule has 4 heteroatoms. The Morgan fingerprint density at radius 2 is 1.57 bits per heavy atom. The highest BCUT2D eigenvalue weighted by molar-refractivity contribution is 6.06. The van der Waals surface area contributed by atoms with Crippen LogP contribution in [0.4, 0.5) is 0 Å². The van der Waals surface area contributed by atoms with E-state index in [1.54, 1.807) is 0 Å². The smallest absolute Gasteiger partial charge is 0.236 e. The normalized spacial score (nSPS) is 34.8.